The van der Waals surface area contributed by atoms with Crippen molar-refractivity contribution in [3.63, 3.8) is 0 Å². The highest BCUT2D eigenvalue weighted by atomic mass is 32.1. The Morgan fingerprint density at radius 2 is 1.74 bits per heavy atom. The van der Waals surface area contributed by atoms with E-state index in [-0.39, 0.29) is 0 Å². The Bertz CT molecular complexity index is 962. The molecule has 1 aliphatic heterocycles. The van der Waals surface area contributed by atoms with E-state index in [4.69, 9.17) is 9.47 Å². The molecule has 0 radical (unpaired) electrons. The Kier molecular flexibility index (Phi) is 8.39. The molecule has 0 bridgehead atoms. The van der Waals surface area contributed by atoms with Crippen molar-refractivity contribution in [2.24, 2.45) is 0 Å². The average molecular weight is 445 g/mol. The highest BCUT2D eigenvalue weighted by molar-refractivity contribution is 7.18. The first kappa shape index (κ1) is 22.7. The van der Waals surface area contributed by atoms with Gasteiger partial charge in [-0.15, -0.1) is 0 Å². The van der Waals surface area contributed by atoms with Gasteiger partial charge < -0.3 is 29.7 Å². The monoisotopic (exact) mass is 444 g/mol. The highest BCUT2D eigenvalue weighted by Gasteiger charge is 2.15. The van der Waals surface area contributed by atoms with Crippen molar-refractivity contribution < 1.29 is 14.2 Å². The van der Waals surface area contributed by atoms with Gasteiger partial charge in [0.2, 0.25) is 5.95 Å². The van der Waals surface area contributed by atoms with Gasteiger partial charge in [-0.1, -0.05) is 11.3 Å². The fraction of sp³-hybridized carbons (Fsp3) is 0.381. The maximum atomic E-state index is 5.34. The molecule has 3 heterocycles. The third kappa shape index (κ3) is 6.03. The second-order valence-electron chi connectivity index (χ2n) is 6.61. The molecule has 9 nitrogen and oxygen atoms in total. The molecule has 1 aliphatic rings. The molecule has 2 N–H and O–H groups in total. The Morgan fingerprint density at radius 3 is 2.45 bits per heavy atom. The first-order chi connectivity index (χ1) is 15.2. The standard InChI is InChI=1S/C19H22N6O2S.C2H6O/c1-26-15-4-3-13(11-16(15)27-2)23-19-21-6-5-14(24-19)18-22-12-17(28-18)25-9-7-20-8-10-25;1-3-2/h3-6,11-12,20H,7-10H2,1-2H3,(H,21,23,24);1-2H3. The van der Waals surface area contributed by atoms with E-state index in [0.29, 0.717) is 17.4 Å². The SMILES string of the molecule is COC.COc1ccc(Nc2nccc(-c3ncc(N4CCNCC4)s3)n2)cc1OC. The van der Waals surface area contributed by atoms with Crippen molar-refractivity contribution in [1.29, 1.82) is 0 Å². The maximum absolute atomic E-state index is 5.34. The van der Waals surface area contributed by atoms with Crippen LogP contribution in [0.1, 0.15) is 0 Å². The number of rotatable bonds is 6. The van der Waals surface area contributed by atoms with Crippen LogP contribution in [0.4, 0.5) is 16.6 Å². The zero-order valence-electron chi connectivity index (χ0n) is 18.2. The largest absolute Gasteiger partial charge is 0.493 e. The van der Waals surface area contributed by atoms with E-state index in [1.807, 2.05) is 30.5 Å². The molecule has 0 saturated carbocycles. The Hall–Kier alpha value is -2.95. The summed E-state index contributed by atoms with van der Waals surface area (Å²) in [5, 5.41) is 8.63. The summed E-state index contributed by atoms with van der Waals surface area (Å²) in [6.07, 6.45) is 3.66. The van der Waals surface area contributed by atoms with Crippen LogP contribution in [-0.4, -0.2) is 69.6 Å². The summed E-state index contributed by atoms with van der Waals surface area (Å²) in [6, 6.07) is 7.45. The molecular weight excluding hydrogens is 416 g/mol. The van der Waals surface area contributed by atoms with Gasteiger partial charge in [0.1, 0.15) is 15.7 Å². The van der Waals surface area contributed by atoms with Crippen LogP contribution in [0, 0.1) is 0 Å². The minimum atomic E-state index is 0.503. The molecule has 10 heteroatoms. The summed E-state index contributed by atoms with van der Waals surface area (Å²) in [5.41, 5.74) is 1.61. The van der Waals surface area contributed by atoms with Crippen LogP contribution in [0.5, 0.6) is 11.5 Å². The summed E-state index contributed by atoms with van der Waals surface area (Å²) in [4.78, 5) is 15.8. The Balaban J connectivity index is 0.000000858. The van der Waals surface area contributed by atoms with Gasteiger partial charge >= 0.3 is 0 Å². The van der Waals surface area contributed by atoms with E-state index < -0.39 is 0 Å². The lowest BCUT2D eigenvalue weighted by Crippen LogP contribution is -2.43. The predicted octanol–water partition coefficient (Wildman–Crippen LogP) is 3.03. The topological polar surface area (TPSA) is 93.7 Å². The van der Waals surface area contributed by atoms with Crippen molar-refractivity contribution in [2.45, 2.75) is 0 Å². The summed E-state index contributed by atoms with van der Waals surface area (Å²) in [7, 11) is 6.47. The van der Waals surface area contributed by atoms with Crippen LogP contribution in [0.2, 0.25) is 0 Å². The fourth-order valence-corrected chi connectivity index (χ4v) is 3.94. The molecule has 1 aromatic carbocycles. The molecule has 4 rings (SSSR count). The molecule has 0 spiro atoms. The third-order valence-electron chi connectivity index (χ3n) is 4.44. The van der Waals surface area contributed by atoms with Crippen LogP contribution >= 0.6 is 11.3 Å². The lowest BCUT2D eigenvalue weighted by Gasteiger charge is -2.27. The van der Waals surface area contributed by atoms with Crippen molar-refractivity contribution in [3.8, 4) is 22.2 Å². The number of hydrogen-bond acceptors (Lipinski definition) is 10. The first-order valence-electron chi connectivity index (χ1n) is 9.82. The number of benzene rings is 1. The van der Waals surface area contributed by atoms with E-state index in [1.165, 1.54) is 5.00 Å². The van der Waals surface area contributed by atoms with Crippen LogP contribution in [-0.2, 0) is 4.74 Å². The van der Waals surface area contributed by atoms with Gasteiger partial charge in [-0.3, -0.25) is 0 Å². The fourth-order valence-electron chi connectivity index (χ4n) is 3.00. The van der Waals surface area contributed by atoms with E-state index in [9.17, 15) is 0 Å². The molecule has 0 atom stereocenters. The molecule has 0 aliphatic carbocycles. The molecule has 166 valence electrons. The number of hydrogen-bond donors (Lipinski definition) is 2. The number of anilines is 3. The van der Waals surface area contributed by atoms with Gasteiger partial charge in [0.15, 0.2) is 11.5 Å². The van der Waals surface area contributed by atoms with Crippen LogP contribution in [0.15, 0.2) is 36.7 Å². The minimum Gasteiger partial charge on any atom is -0.493 e. The summed E-state index contributed by atoms with van der Waals surface area (Å²) < 4.78 is 14.9. The Morgan fingerprint density at radius 1 is 1.00 bits per heavy atom. The van der Waals surface area contributed by atoms with Gasteiger partial charge in [-0.05, 0) is 18.2 Å². The number of aromatic nitrogens is 3. The number of thiazole rings is 1. The Labute approximate surface area is 186 Å². The first-order valence-corrected chi connectivity index (χ1v) is 10.6. The molecular formula is C21H28N6O3S. The number of ether oxygens (including phenoxy) is 3. The predicted molar refractivity (Wildman–Crippen MR) is 124 cm³/mol. The van der Waals surface area contributed by atoms with E-state index in [0.717, 1.165) is 42.6 Å². The third-order valence-corrected chi connectivity index (χ3v) is 5.52. The maximum Gasteiger partial charge on any atom is 0.227 e. The van der Waals surface area contributed by atoms with Crippen molar-refractivity contribution in [2.75, 3.05) is 64.8 Å². The van der Waals surface area contributed by atoms with Gasteiger partial charge in [0.05, 0.1) is 20.4 Å². The smallest absolute Gasteiger partial charge is 0.227 e. The van der Waals surface area contributed by atoms with Gasteiger partial charge in [0.25, 0.3) is 0 Å². The van der Waals surface area contributed by atoms with Crippen LogP contribution < -0.4 is 25.0 Å². The van der Waals surface area contributed by atoms with Gasteiger partial charge in [0, 0.05) is 58.3 Å². The second-order valence-corrected chi connectivity index (χ2v) is 7.62. The molecule has 0 unspecified atom stereocenters. The van der Waals surface area contributed by atoms with Crippen LogP contribution in [0.25, 0.3) is 10.7 Å². The number of piperazine rings is 1. The molecule has 3 aromatic rings. The molecule has 1 saturated heterocycles. The lowest BCUT2D eigenvalue weighted by atomic mass is 10.3. The zero-order chi connectivity index (χ0) is 22.1. The number of nitrogens with one attached hydrogen (secondary N) is 2. The lowest BCUT2D eigenvalue weighted by molar-refractivity contribution is 0.277. The normalized spacial score (nSPS) is 13.2. The van der Waals surface area contributed by atoms with Crippen molar-refractivity contribution in [1.82, 2.24) is 20.3 Å². The molecule has 31 heavy (non-hydrogen) atoms. The van der Waals surface area contributed by atoms with Crippen molar-refractivity contribution in [3.05, 3.63) is 36.7 Å². The van der Waals surface area contributed by atoms with E-state index in [2.05, 4.69) is 35.2 Å². The minimum absolute atomic E-state index is 0.503. The van der Waals surface area contributed by atoms with Crippen molar-refractivity contribution >= 4 is 28.0 Å². The van der Waals surface area contributed by atoms with E-state index >= 15 is 0 Å². The zero-order valence-corrected chi connectivity index (χ0v) is 19.0. The summed E-state index contributed by atoms with van der Waals surface area (Å²) in [5.74, 6) is 1.82. The van der Waals surface area contributed by atoms with Gasteiger partial charge in [-0.25, -0.2) is 15.0 Å². The quantitative estimate of drug-likeness (QED) is 0.595. The highest BCUT2D eigenvalue weighted by Crippen LogP contribution is 2.32. The summed E-state index contributed by atoms with van der Waals surface area (Å²) in [6.45, 7) is 4.00. The summed E-state index contributed by atoms with van der Waals surface area (Å²) >= 11 is 1.65. The molecule has 0 amide bonds. The average Bonchev–Trinajstić information content (AvgIpc) is 3.31. The molecule has 1 fully saturated rings. The molecule has 2 aromatic heterocycles. The van der Waals surface area contributed by atoms with E-state index in [1.54, 1.807) is 46.0 Å². The number of nitrogens with zero attached hydrogens (tertiary/aromatic N) is 4. The van der Waals surface area contributed by atoms with Gasteiger partial charge in [-0.2, -0.15) is 0 Å². The number of methoxy groups -OCH3 is 3. The van der Waals surface area contributed by atoms with Crippen LogP contribution in [0.3, 0.4) is 0 Å². The second kappa shape index (κ2) is 11.4.